The van der Waals surface area contributed by atoms with Crippen LogP contribution in [0.15, 0.2) is 59.1 Å². The first kappa shape index (κ1) is 15.4. The summed E-state index contributed by atoms with van der Waals surface area (Å²) in [6.45, 7) is 1.89. The second kappa shape index (κ2) is 6.75. The molecule has 0 aliphatic rings. The number of nitrogens with one attached hydrogen (secondary N) is 2. The van der Waals surface area contributed by atoms with Crippen molar-refractivity contribution < 1.29 is 4.39 Å². The lowest BCUT2D eigenvalue weighted by molar-refractivity contribution is 0.628. The molecule has 3 aromatic rings. The highest BCUT2D eigenvalue weighted by Crippen LogP contribution is 2.20. The van der Waals surface area contributed by atoms with Crippen LogP contribution < -0.4 is 10.6 Å². The number of hydrogen-bond donors (Lipinski definition) is 2. The van der Waals surface area contributed by atoms with Gasteiger partial charge in [-0.25, -0.2) is 9.37 Å². The van der Waals surface area contributed by atoms with Crippen LogP contribution in [0.3, 0.4) is 0 Å². The lowest BCUT2D eigenvalue weighted by Gasteiger charge is -2.10. The Labute approximate surface area is 141 Å². The van der Waals surface area contributed by atoms with Crippen molar-refractivity contribution in [2.45, 2.75) is 6.92 Å². The fraction of sp³-hybridized carbons (Fsp3) is 0.0588. The number of nitrogens with zero attached hydrogens (tertiary/aromatic N) is 2. The average molecular weight is 373 g/mol. The third kappa shape index (κ3) is 4.26. The number of aryl methyl sites for hydroxylation is 1. The molecule has 0 spiro atoms. The maximum atomic E-state index is 13.0. The molecule has 0 unspecified atom stereocenters. The Kier molecular flexibility index (Phi) is 4.52. The molecule has 0 atom stereocenters. The highest BCUT2D eigenvalue weighted by Gasteiger charge is 2.04. The van der Waals surface area contributed by atoms with Crippen LogP contribution in [0.2, 0.25) is 0 Å². The smallest absolute Gasteiger partial charge is 0.229 e. The van der Waals surface area contributed by atoms with E-state index >= 15 is 0 Å². The van der Waals surface area contributed by atoms with E-state index in [1.54, 1.807) is 12.1 Å². The summed E-state index contributed by atoms with van der Waals surface area (Å²) in [7, 11) is 0. The molecule has 2 N–H and O–H groups in total. The minimum Gasteiger partial charge on any atom is -0.340 e. The molecule has 23 heavy (non-hydrogen) atoms. The van der Waals surface area contributed by atoms with Crippen LogP contribution in [0.25, 0.3) is 0 Å². The van der Waals surface area contributed by atoms with Crippen LogP contribution in [-0.2, 0) is 0 Å². The molecule has 0 fully saturated rings. The lowest BCUT2D eigenvalue weighted by atomic mass is 10.3. The van der Waals surface area contributed by atoms with Crippen molar-refractivity contribution >= 4 is 39.1 Å². The summed E-state index contributed by atoms with van der Waals surface area (Å²) in [5, 5.41) is 6.31. The Hall–Kier alpha value is -2.47. The molecule has 0 aliphatic heterocycles. The van der Waals surface area contributed by atoms with E-state index in [2.05, 4.69) is 36.5 Å². The van der Waals surface area contributed by atoms with Crippen LogP contribution in [-0.4, -0.2) is 9.97 Å². The van der Waals surface area contributed by atoms with E-state index in [4.69, 9.17) is 0 Å². The van der Waals surface area contributed by atoms with Gasteiger partial charge in [0.1, 0.15) is 11.6 Å². The molecule has 6 heteroatoms. The van der Waals surface area contributed by atoms with Crippen LogP contribution in [0, 0.1) is 12.7 Å². The number of anilines is 4. The predicted molar refractivity (Wildman–Crippen MR) is 93.9 cm³/mol. The van der Waals surface area contributed by atoms with Gasteiger partial charge in [0, 0.05) is 27.6 Å². The van der Waals surface area contributed by atoms with Crippen LogP contribution in [0.1, 0.15) is 5.69 Å². The van der Waals surface area contributed by atoms with E-state index in [9.17, 15) is 4.39 Å². The molecule has 0 bridgehead atoms. The molecule has 1 aromatic heterocycles. The van der Waals surface area contributed by atoms with Gasteiger partial charge in [-0.15, -0.1) is 0 Å². The van der Waals surface area contributed by atoms with Crippen molar-refractivity contribution in [2.75, 3.05) is 10.6 Å². The predicted octanol–water partition coefficient (Wildman–Crippen LogP) is 5.17. The van der Waals surface area contributed by atoms with Crippen molar-refractivity contribution in [1.82, 2.24) is 9.97 Å². The number of hydrogen-bond acceptors (Lipinski definition) is 4. The summed E-state index contributed by atoms with van der Waals surface area (Å²) < 4.78 is 14.0. The summed E-state index contributed by atoms with van der Waals surface area (Å²) in [6, 6.07) is 15.7. The largest absolute Gasteiger partial charge is 0.340 e. The van der Waals surface area contributed by atoms with Gasteiger partial charge >= 0.3 is 0 Å². The summed E-state index contributed by atoms with van der Waals surface area (Å²) in [6.07, 6.45) is 0. The maximum absolute atomic E-state index is 13.0. The topological polar surface area (TPSA) is 49.8 Å². The molecule has 0 aliphatic carbocycles. The zero-order valence-corrected chi connectivity index (χ0v) is 13.9. The van der Waals surface area contributed by atoms with Crippen molar-refractivity contribution in [2.24, 2.45) is 0 Å². The van der Waals surface area contributed by atoms with Crippen LogP contribution in [0.4, 0.5) is 27.5 Å². The molecule has 1 heterocycles. The Bertz CT molecular complexity index is 738. The third-order valence-corrected chi connectivity index (χ3v) is 3.60. The monoisotopic (exact) mass is 372 g/mol. The molecule has 2 aromatic carbocycles. The maximum Gasteiger partial charge on any atom is 0.229 e. The molecule has 4 nitrogen and oxygen atoms in total. The van der Waals surface area contributed by atoms with Crippen molar-refractivity contribution in [1.29, 1.82) is 0 Å². The summed E-state index contributed by atoms with van der Waals surface area (Å²) >= 11 is 3.40. The van der Waals surface area contributed by atoms with E-state index in [1.807, 2.05) is 37.3 Å². The Morgan fingerprint density at radius 2 is 1.48 bits per heavy atom. The van der Waals surface area contributed by atoms with E-state index in [0.717, 1.165) is 21.5 Å². The van der Waals surface area contributed by atoms with E-state index < -0.39 is 0 Å². The summed E-state index contributed by atoms with van der Waals surface area (Å²) in [5.41, 5.74) is 2.48. The normalized spacial score (nSPS) is 10.4. The molecule has 0 saturated heterocycles. The second-order valence-electron chi connectivity index (χ2n) is 4.98. The minimum atomic E-state index is -0.271. The Balaban J connectivity index is 1.81. The van der Waals surface area contributed by atoms with Gasteiger partial charge in [-0.1, -0.05) is 15.9 Å². The zero-order chi connectivity index (χ0) is 16.2. The summed E-state index contributed by atoms with van der Waals surface area (Å²) in [5.74, 6) is 0.868. The third-order valence-electron chi connectivity index (χ3n) is 3.07. The Morgan fingerprint density at radius 1 is 0.870 bits per heavy atom. The zero-order valence-electron chi connectivity index (χ0n) is 12.3. The van der Waals surface area contributed by atoms with Gasteiger partial charge in [-0.2, -0.15) is 4.98 Å². The van der Waals surface area contributed by atoms with Crippen LogP contribution >= 0.6 is 15.9 Å². The number of rotatable bonds is 4. The van der Waals surface area contributed by atoms with Gasteiger partial charge in [-0.05, 0) is 55.5 Å². The van der Waals surface area contributed by atoms with Crippen molar-refractivity contribution in [3.63, 3.8) is 0 Å². The molecule has 3 rings (SSSR count). The van der Waals surface area contributed by atoms with Crippen LogP contribution in [0.5, 0.6) is 0 Å². The van der Waals surface area contributed by atoms with Crippen molar-refractivity contribution in [3.05, 3.63) is 70.6 Å². The highest BCUT2D eigenvalue weighted by atomic mass is 79.9. The van der Waals surface area contributed by atoms with Crippen molar-refractivity contribution in [3.8, 4) is 0 Å². The molecular formula is C17H14BrFN4. The molecule has 0 radical (unpaired) electrons. The lowest BCUT2D eigenvalue weighted by Crippen LogP contribution is -2.02. The van der Waals surface area contributed by atoms with Gasteiger partial charge in [0.15, 0.2) is 0 Å². The number of aromatic nitrogens is 2. The fourth-order valence-corrected chi connectivity index (χ4v) is 2.30. The molecule has 0 amide bonds. The second-order valence-corrected chi connectivity index (χ2v) is 5.90. The quantitative estimate of drug-likeness (QED) is 0.662. The molecular weight excluding hydrogens is 359 g/mol. The van der Waals surface area contributed by atoms with E-state index in [-0.39, 0.29) is 5.82 Å². The molecule has 116 valence electrons. The number of benzene rings is 2. The first-order valence-corrected chi connectivity index (χ1v) is 7.79. The molecule has 0 saturated carbocycles. The summed E-state index contributed by atoms with van der Waals surface area (Å²) in [4.78, 5) is 8.80. The van der Waals surface area contributed by atoms with Gasteiger partial charge < -0.3 is 10.6 Å². The number of halogens is 2. The standard InChI is InChI=1S/C17H14BrFN4/c1-11-10-16(21-14-8-4-13(19)5-9-14)23-17(20-11)22-15-6-2-12(18)3-7-15/h2-10H,1H3,(H2,20,21,22,23). The van der Waals surface area contributed by atoms with Gasteiger partial charge in [0.05, 0.1) is 0 Å². The van der Waals surface area contributed by atoms with Gasteiger partial charge in [0.25, 0.3) is 0 Å². The minimum absolute atomic E-state index is 0.271. The first-order valence-electron chi connectivity index (χ1n) is 6.99. The first-order chi connectivity index (χ1) is 11.1. The SMILES string of the molecule is Cc1cc(Nc2ccc(F)cc2)nc(Nc2ccc(Br)cc2)n1. The van der Waals surface area contributed by atoms with Gasteiger partial charge in [0.2, 0.25) is 5.95 Å². The Morgan fingerprint density at radius 3 is 2.17 bits per heavy atom. The fourth-order valence-electron chi connectivity index (χ4n) is 2.03. The van der Waals surface area contributed by atoms with E-state index in [1.165, 1.54) is 12.1 Å². The highest BCUT2D eigenvalue weighted by molar-refractivity contribution is 9.10. The van der Waals surface area contributed by atoms with Gasteiger partial charge in [-0.3, -0.25) is 0 Å². The van der Waals surface area contributed by atoms with E-state index in [0.29, 0.717) is 11.8 Å². The average Bonchev–Trinajstić information content (AvgIpc) is 2.51.